The summed E-state index contributed by atoms with van der Waals surface area (Å²) in [4.78, 5) is 6.45. The standard InChI is InChI=1S/C15H16N2O/c1-17(2)15-6-4-3-5-12(15)11-16-13-7-9-14(18)10-8-13/h3-11,18H,1-2H3. The van der Waals surface area contributed by atoms with Crippen LogP contribution in [0.25, 0.3) is 0 Å². The summed E-state index contributed by atoms with van der Waals surface area (Å²) in [5, 5.41) is 9.20. The van der Waals surface area contributed by atoms with Gasteiger partial charge >= 0.3 is 0 Å². The van der Waals surface area contributed by atoms with Crippen LogP contribution in [-0.4, -0.2) is 25.4 Å². The van der Waals surface area contributed by atoms with Crippen LogP contribution in [0, 0.1) is 0 Å². The van der Waals surface area contributed by atoms with E-state index >= 15 is 0 Å². The molecule has 0 fully saturated rings. The number of phenolic OH excluding ortho intramolecular Hbond substituents is 1. The van der Waals surface area contributed by atoms with Gasteiger partial charge in [-0.1, -0.05) is 18.2 Å². The molecule has 0 atom stereocenters. The fourth-order valence-electron chi connectivity index (χ4n) is 1.69. The van der Waals surface area contributed by atoms with E-state index in [1.807, 2.05) is 38.5 Å². The number of para-hydroxylation sites is 1. The van der Waals surface area contributed by atoms with Crippen LogP contribution >= 0.6 is 0 Å². The molecule has 0 aliphatic heterocycles. The molecule has 0 bridgehead atoms. The first-order chi connectivity index (χ1) is 8.66. The van der Waals surface area contributed by atoms with Gasteiger partial charge in [-0.05, 0) is 30.3 Å². The lowest BCUT2D eigenvalue weighted by atomic mass is 10.2. The molecule has 3 nitrogen and oxygen atoms in total. The van der Waals surface area contributed by atoms with Gasteiger partial charge in [0.25, 0.3) is 0 Å². The second-order valence-electron chi connectivity index (χ2n) is 4.23. The van der Waals surface area contributed by atoms with Crippen LogP contribution in [0.15, 0.2) is 53.5 Å². The van der Waals surface area contributed by atoms with E-state index in [0.717, 1.165) is 16.9 Å². The van der Waals surface area contributed by atoms with E-state index < -0.39 is 0 Å². The summed E-state index contributed by atoms with van der Waals surface area (Å²) < 4.78 is 0. The first-order valence-electron chi connectivity index (χ1n) is 5.76. The molecule has 0 aliphatic rings. The van der Waals surface area contributed by atoms with E-state index in [0.29, 0.717) is 0 Å². The Labute approximate surface area is 107 Å². The molecule has 0 heterocycles. The Morgan fingerprint density at radius 2 is 1.67 bits per heavy atom. The van der Waals surface area contributed by atoms with Gasteiger partial charge in [0.1, 0.15) is 5.75 Å². The van der Waals surface area contributed by atoms with Crippen molar-refractivity contribution in [3.05, 3.63) is 54.1 Å². The quantitative estimate of drug-likeness (QED) is 0.836. The van der Waals surface area contributed by atoms with E-state index in [4.69, 9.17) is 0 Å². The number of nitrogens with zero attached hydrogens (tertiary/aromatic N) is 2. The lowest BCUT2D eigenvalue weighted by Crippen LogP contribution is -2.10. The fourth-order valence-corrected chi connectivity index (χ4v) is 1.69. The van der Waals surface area contributed by atoms with Crippen molar-refractivity contribution < 1.29 is 5.11 Å². The normalized spacial score (nSPS) is 10.8. The Morgan fingerprint density at radius 3 is 2.33 bits per heavy atom. The molecule has 3 heteroatoms. The predicted molar refractivity (Wildman–Crippen MR) is 76.1 cm³/mol. The first-order valence-corrected chi connectivity index (χ1v) is 5.76. The van der Waals surface area contributed by atoms with Gasteiger partial charge in [0, 0.05) is 31.6 Å². The molecule has 0 saturated heterocycles. The molecule has 2 rings (SSSR count). The van der Waals surface area contributed by atoms with E-state index in [2.05, 4.69) is 16.0 Å². The van der Waals surface area contributed by atoms with Crippen molar-refractivity contribution in [1.29, 1.82) is 0 Å². The summed E-state index contributed by atoms with van der Waals surface area (Å²) >= 11 is 0. The first kappa shape index (κ1) is 12.2. The van der Waals surface area contributed by atoms with Crippen molar-refractivity contribution >= 4 is 17.6 Å². The summed E-state index contributed by atoms with van der Waals surface area (Å²) in [6, 6.07) is 14.9. The number of phenols is 1. The van der Waals surface area contributed by atoms with Crippen molar-refractivity contribution in [3.8, 4) is 5.75 Å². The third-order valence-electron chi connectivity index (χ3n) is 2.62. The highest BCUT2D eigenvalue weighted by molar-refractivity contribution is 5.89. The second kappa shape index (κ2) is 5.36. The Morgan fingerprint density at radius 1 is 1.00 bits per heavy atom. The Bertz CT molecular complexity index is 545. The van der Waals surface area contributed by atoms with Gasteiger partial charge in [0.2, 0.25) is 0 Å². The number of hydrogen-bond acceptors (Lipinski definition) is 3. The third kappa shape index (κ3) is 2.88. The molecular weight excluding hydrogens is 224 g/mol. The van der Waals surface area contributed by atoms with E-state index in [1.165, 1.54) is 0 Å². The molecule has 1 N–H and O–H groups in total. The minimum atomic E-state index is 0.252. The maximum Gasteiger partial charge on any atom is 0.115 e. The van der Waals surface area contributed by atoms with Crippen LogP contribution in [0.3, 0.4) is 0 Å². The highest BCUT2D eigenvalue weighted by Gasteiger charge is 2.00. The maximum absolute atomic E-state index is 9.20. The van der Waals surface area contributed by atoms with E-state index in [-0.39, 0.29) is 5.75 Å². The predicted octanol–water partition coefficient (Wildman–Crippen LogP) is 3.21. The summed E-state index contributed by atoms with van der Waals surface area (Å²) in [5.41, 5.74) is 3.01. The summed E-state index contributed by atoms with van der Waals surface area (Å²) in [6.07, 6.45) is 1.84. The zero-order chi connectivity index (χ0) is 13.0. The molecule has 0 aromatic heterocycles. The van der Waals surface area contributed by atoms with Crippen LogP contribution in [0.2, 0.25) is 0 Å². The van der Waals surface area contributed by atoms with Crippen molar-refractivity contribution in [3.63, 3.8) is 0 Å². The van der Waals surface area contributed by atoms with E-state index in [1.54, 1.807) is 24.3 Å². The molecule has 18 heavy (non-hydrogen) atoms. The van der Waals surface area contributed by atoms with Crippen molar-refractivity contribution in [2.45, 2.75) is 0 Å². The van der Waals surface area contributed by atoms with Crippen LogP contribution < -0.4 is 4.90 Å². The molecule has 0 aliphatic carbocycles. The monoisotopic (exact) mass is 240 g/mol. The maximum atomic E-state index is 9.20. The minimum Gasteiger partial charge on any atom is -0.508 e. The number of hydrogen-bond donors (Lipinski definition) is 1. The summed E-state index contributed by atoms with van der Waals surface area (Å²) in [5.74, 6) is 0.252. The topological polar surface area (TPSA) is 35.8 Å². The van der Waals surface area contributed by atoms with E-state index in [9.17, 15) is 5.11 Å². The Hall–Kier alpha value is -2.29. The van der Waals surface area contributed by atoms with Gasteiger partial charge in [-0.2, -0.15) is 0 Å². The smallest absolute Gasteiger partial charge is 0.115 e. The molecule has 0 unspecified atom stereocenters. The molecule has 2 aromatic carbocycles. The number of rotatable bonds is 3. The van der Waals surface area contributed by atoms with Crippen molar-refractivity contribution in [1.82, 2.24) is 0 Å². The lowest BCUT2D eigenvalue weighted by Gasteiger charge is -2.14. The fraction of sp³-hybridized carbons (Fsp3) is 0.133. The lowest BCUT2D eigenvalue weighted by molar-refractivity contribution is 0.475. The van der Waals surface area contributed by atoms with Gasteiger partial charge in [-0.25, -0.2) is 0 Å². The molecule has 2 aromatic rings. The average Bonchev–Trinajstić information content (AvgIpc) is 2.38. The second-order valence-corrected chi connectivity index (χ2v) is 4.23. The molecular formula is C15H16N2O. The number of aromatic hydroxyl groups is 1. The van der Waals surface area contributed by atoms with Crippen LogP contribution in [-0.2, 0) is 0 Å². The van der Waals surface area contributed by atoms with Gasteiger partial charge in [0.15, 0.2) is 0 Å². The highest BCUT2D eigenvalue weighted by atomic mass is 16.3. The third-order valence-corrected chi connectivity index (χ3v) is 2.62. The Balaban J connectivity index is 2.26. The zero-order valence-corrected chi connectivity index (χ0v) is 10.5. The summed E-state index contributed by atoms with van der Waals surface area (Å²) in [6.45, 7) is 0. The van der Waals surface area contributed by atoms with Crippen LogP contribution in [0.5, 0.6) is 5.75 Å². The number of aliphatic imine (C=N–C) groups is 1. The highest BCUT2D eigenvalue weighted by Crippen LogP contribution is 2.19. The summed E-state index contributed by atoms with van der Waals surface area (Å²) in [7, 11) is 4.01. The van der Waals surface area contributed by atoms with Gasteiger partial charge < -0.3 is 10.0 Å². The van der Waals surface area contributed by atoms with Crippen LogP contribution in [0.1, 0.15) is 5.56 Å². The Kier molecular flexibility index (Phi) is 3.63. The van der Waals surface area contributed by atoms with Crippen molar-refractivity contribution in [2.75, 3.05) is 19.0 Å². The molecule has 92 valence electrons. The molecule has 0 saturated carbocycles. The van der Waals surface area contributed by atoms with Gasteiger partial charge in [-0.15, -0.1) is 0 Å². The molecule has 0 radical (unpaired) electrons. The number of benzene rings is 2. The minimum absolute atomic E-state index is 0.252. The van der Waals surface area contributed by atoms with Gasteiger partial charge in [0.05, 0.1) is 5.69 Å². The zero-order valence-electron chi connectivity index (χ0n) is 10.5. The van der Waals surface area contributed by atoms with Crippen LogP contribution in [0.4, 0.5) is 11.4 Å². The van der Waals surface area contributed by atoms with Gasteiger partial charge in [-0.3, -0.25) is 4.99 Å². The molecule has 0 spiro atoms. The average molecular weight is 240 g/mol. The molecule has 0 amide bonds. The number of anilines is 1. The largest absolute Gasteiger partial charge is 0.508 e. The SMILES string of the molecule is CN(C)c1ccccc1C=Nc1ccc(O)cc1. The van der Waals surface area contributed by atoms with Crippen molar-refractivity contribution in [2.24, 2.45) is 4.99 Å².